The van der Waals surface area contributed by atoms with Crippen molar-refractivity contribution in [3.05, 3.63) is 53.9 Å². The third-order valence-electron chi connectivity index (χ3n) is 2.74. The molecule has 0 radical (unpaired) electrons. The smallest absolute Gasteiger partial charge is 0.103 e. The minimum Gasteiger partial charge on any atom is -0.352 e. The molecule has 0 fully saturated rings. The van der Waals surface area contributed by atoms with Gasteiger partial charge in [0, 0.05) is 4.47 Å². The van der Waals surface area contributed by atoms with Crippen LogP contribution in [0.5, 0.6) is 0 Å². The molecule has 0 atom stereocenters. The lowest BCUT2D eigenvalue weighted by atomic mass is 10.1. The lowest BCUT2D eigenvalue weighted by molar-refractivity contribution is 1.43. The van der Waals surface area contributed by atoms with Gasteiger partial charge in [0.15, 0.2) is 0 Å². The fraction of sp³-hybridized carbons (Fsp3) is 0. The standard InChI is InChI=1S/C14H4BrCl4N3/c15-6-1-2-10(9(16)3-6)22-14-8(5-21)12(18)11(17)7(4-20)13(14)19/h1-3,22H. The van der Waals surface area contributed by atoms with Crippen LogP contribution >= 0.6 is 62.3 Å². The fourth-order valence-electron chi connectivity index (χ4n) is 1.71. The van der Waals surface area contributed by atoms with Crippen LogP contribution in [0.1, 0.15) is 11.1 Å². The van der Waals surface area contributed by atoms with E-state index in [-0.39, 0.29) is 31.9 Å². The van der Waals surface area contributed by atoms with Gasteiger partial charge in [-0.2, -0.15) is 10.5 Å². The molecule has 1 N–H and O–H groups in total. The lowest BCUT2D eigenvalue weighted by Gasteiger charge is -2.15. The summed E-state index contributed by atoms with van der Waals surface area (Å²) in [6, 6.07) is 8.92. The van der Waals surface area contributed by atoms with Crippen molar-refractivity contribution in [1.29, 1.82) is 10.5 Å². The number of rotatable bonds is 2. The van der Waals surface area contributed by atoms with Crippen LogP contribution in [-0.4, -0.2) is 0 Å². The van der Waals surface area contributed by atoms with E-state index in [9.17, 15) is 5.26 Å². The van der Waals surface area contributed by atoms with E-state index in [0.717, 1.165) is 4.47 Å². The molecular weight excluding hydrogens is 432 g/mol. The number of nitrogens with zero attached hydrogens (tertiary/aromatic N) is 2. The minimum atomic E-state index is -0.0573. The summed E-state index contributed by atoms with van der Waals surface area (Å²) in [5.74, 6) is 0. The first-order valence-corrected chi connectivity index (χ1v) is 7.94. The second-order valence-corrected chi connectivity index (χ2v) is 6.50. The number of nitriles is 2. The highest BCUT2D eigenvalue weighted by atomic mass is 79.9. The van der Waals surface area contributed by atoms with Crippen LogP contribution in [0.25, 0.3) is 0 Å². The number of halogens is 5. The Balaban J connectivity index is 2.68. The summed E-state index contributed by atoms with van der Waals surface area (Å²) in [7, 11) is 0. The highest BCUT2D eigenvalue weighted by Crippen LogP contribution is 2.42. The monoisotopic (exact) mass is 433 g/mol. The molecule has 0 spiro atoms. The zero-order valence-electron chi connectivity index (χ0n) is 10.5. The Kier molecular flexibility index (Phi) is 5.45. The molecule has 0 bridgehead atoms. The van der Waals surface area contributed by atoms with E-state index in [1.54, 1.807) is 18.2 Å². The van der Waals surface area contributed by atoms with Crippen molar-refractivity contribution in [2.75, 3.05) is 5.32 Å². The van der Waals surface area contributed by atoms with Gasteiger partial charge in [-0.05, 0) is 18.2 Å². The zero-order chi connectivity index (χ0) is 16.4. The highest BCUT2D eigenvalue weighted by Gasteiger charge is 2.22. The Hall–Kier alpha value is -1.14. The maximum absolute atomic E-state index is 9.29. The van der Waals surface area contributed by atoms with E-state index < -0.39 is 0 Å². The van der Waals surface area contributed by atoms with Gasteiger partial charge in [-0.15, -0.1) is 0 Å². The normalized spacial score (nSPS) is 9.95. The van der Waals surface area contributed by atoms with Crippen LogP contribution < -0.4 is 5.32 Å². The molecule has 2 rings (SSSR count). The van der Waals surface area contributed by atoms with Gasteiger partial charge in [-0.1, -0.05) is 62.3 Å². The van der Waals surface area contributed by atoms with Gasteiger partial charge in [-0.3, -0.25) is 0 Å². The van der Waals surface area contributed by atoms with Crippen LogP contribution in [0, 0.1) is 22.7 Å². The van der Waals surface area contributed by atoms with Crippen molar-refractivity contribution in [2.45, 2.75) is 0 Å². The zero-order valence-corrected chi connectivity index (χ0v) is 15.1. The molecular formula is C14H4BrCl4N3. The third kappa shape index (κ3) is 3.13. The van der Waals surface area contributed by atoms with E-state index >= 15 is 0 Å². The number of hydrogen-bond donors (Lipinski definition) is 1. The summed E-state index contributed by atoms with van der Waals surface area (Å²) in [5, 5.41) is 21.7. The quantitative estimate of drug-likeness (QED) is 0.544. The summed E-state index contributed by atoms with van der Waals surface area (Å²) in [6.07, 6.45) is 0. The summed E-state index contributed by atoms with van der Waals surface area (Å²) in [6.45, 7) is 0. The molecule has 0 saturated carbocycles. The predicted octanol–water partition coefficient (Wildman–Crippen LogP) is 6.55. The SMILES string of the molecule is N#Cc1c(Cl)c(Cl)c(C#N)c(Nc2ccc(Br)cc2Cl)c1Cl. The Morgan fingerprint density at radius 2 is 1.50 bits per heavy atom. The van der Waals surface area contributed by atoms with Crippen molar-refractivity contribution >= 4 is 73.7 Å². The van der Waals surface area contributed by atoms with Crippen molar-refractivity contribution < 1.29 is 0 Å². The molecule has 0 aliphatic rings. The number of anilines is 2. The number of hydrogen-bond acceptors (Lipinski definition) is 3. The maximum Gasteiger partial charge on any atom is 0.103 e. The van der Waals surface area contributed by atoms with Crippen molar-refractivity contribution in [3.8, 4) is 12.1 Å². The van der Waals surface area contributed by atoms with Gasteiger partial charge in [0.05, 0.1) is 42.6 Å². The average molecular weight is 436 g/mol. The molecule has 110 valence electrons. The van der Waals surface area contributed by atoms with E-state index in [2.05, 4.69) is 21.2 Å². The molecule has 0 aliphatic heterocycles. The summed E-state index contributed by atoms with van der Waals surface area (Å²) >= 11 is 27.6. The van der Waals surface area contributed by atoms with Crippen molar-refractivity contribution in [3.63, 3.8) is 0 Å². The Labute approximate surface area is 155 Å². The van der Waals surface area contributed by atoms with Gasteiger partial charge >= 0.3 is 0 Å². The first kappa shape index (κ1) is 17.2. The summed E-state index contributed by atoms with van der Waals surface area (Å²) < 4.78 is 0.793. The topological polar surface area (TPSA) is 59.6 Å². The van der Waals surface area contributed by atoms with Crippen LogP contribution in [0.3, 0.4) is 0 Å². The van der Waals surface area contributed by atoms with Gasteiger partial charge in [0.1, 0.15) is 12.1 Å². The Morgan fingerprint density at radius 3 is 2.05 bits per heavy atom. The molecule has 0 unspecified atom stereocenters. The molecule has 0 saturated heterocycles. The van der Waals surface area contributed by atoms with Gasteiger partial charge in [0.25, 0.3) is 0 Å². The third-order valence-corrected chi connectivity index (χ3v) is 4.77. The molecule has 2 aromatic carbocycles. The van der Waals surface area contributed by atoms with Gasteiger partial charge in [0.2, 0.25) is 0 Å². The van der Waals surface area contributed by atoms with Crippen LogP contribution in [0.15, 0.2) is 22.7 Å². The van der Waals surface area contributed by atoms with E-state index in [0.29, 0.717) is 10.7 Å². The molecule has 2 aromatic rings. The average Bonchev–Trinajstić information content (AvgIpc) is 2.48. The number of benzene rings is 2. The first-order chi connectivity index (χ1) is 10.4. The van der Waals surface area contributed by atoms with E-state index in [1.807, 2.05) is 12.1 Å². The van der Waals surface area contributed by atoms with Gasteiger partial charge in [-0.25, -0.2) is 0 Å². The fourth-order valence-corrected chi connectivity index (χ4v) is 3.22. The number of nitrogens with one attached hydrogen (secondary N) is 1. The second-order valence-electron chi connectivity index (χ2n) is 4.04. The minimum absolute atomic E-state index is 0.00688. The Bertz CT molecular complexity index is 853. The maximum atomic E-state index is 9.29. The summed E-state index contributed by atoms with van der Waals surface area (Å²) in [5.41, 5.74) is 0.711. The first-order valence-electron chi connectivity index (χ1n) is 5.63. The van der Waals surface area contributed by atoms with Crippen LogP contribution in [0.4, 0.5) is 11.4 Å². The van der Waals surface area contributed by atoms with Crippen molar-refractivity contribution in [1.82, 2.24) is 0 Å². The summed E-state index contributed by atoms with van der Waals surface area (Å²) in [4.78, 5) is 0. The highest BCUT2D eigenvalue weighted by molar-refractivity contribution is 9.10. The molecule has 0 heterocycles. The second kappa shape index (κ2) is 6.96. The largest absolute Gasteiger partial charge is 0.352 e. The molecule has 0 aliphatic carbocycles. The molecule has 0 aromatic heterocycles. The van der Waals surface area contributed by atoms with Gasteiger partial charge < -0.3 is 5.32 Å². The molecule has 8 heteroatoms. The molecule has 0 amide bonds. The Morgan fingerprint density at radius 1 is 0.909 bits per heavy atom. The van der Waals surface area contributed by atoms with Crippen LogP contribution in [-0.2, 0) is 0 Å². The molecule has 3 nitrogen and oxygen atoms in total. The predicted molar refractivity (Wildman–Crippen MR) is 93.3 cm³/mol. The van der Waals surface area contributed by atoms with Crippen molar-refractivity contribution in [2.24, 2.45) is 0 Å². The lowest BCUT2D eigenvalue weighted by Crippen LogP contribution is -1.99. The van der Waals surface area contributed by atoms with E-state index in [4.69, 9.17) is 51.7 Å². The molecule has 22 heavy (non-hydrogen) atoms. The van der Waals surface area contributed by atoms with Crippen LogP contribution in [0.2, 0.25) is 20.1 Å². The van der Waals surface area contributed by atoms with E-state index in [1.165, 1.54) is 0 Å².